The molecule has 1 aromatic heterocycles. The molecule has 0 saturated carbocycles. The molecule has 1 heterocycles. The van der Waals surface area contributed by atoms with Crippen LogP contribution in [0.1, 0.15) is 25.7 Å². The lowest BCUT2D eigenvalue weighted by atomic mass is 10.1. The van der Waals surface area contributed by atoms with Gasteiger partial charge in [0.15, 0.2) is 5.78 Å². The summed E-state index contributed by atoms with van der Waals surface area (Å²) in [6.45, 7) is 3.96. The molecule has 0 aliphatic rings. The highest BCUT2D eigenvalue weighted by atomic mass is 32.2. The van der Waals surface area contributed by atoms with Gasteiger partial charge < -0.3 is 0 Å². The normalized spacial score (nSPS) is 12.3. The van der Waals surface area contributed by atoms with E-state index < -0.39 is 10.8 Å². The molecule has 1 atom stereocenters. The fraction of sp³-hybridized carbons (Fsp3) is 0.267. The van der Waals surface area contributed by atoms with Crippen LogP contribution in [0.5, 0.6) is 0 Å². The number of ketones is 1. The maximum absolute atomic E-state index is 12.1. The average Bonchev–Trinajstić information content (AvgIpc) is 2.79. The highest BCUT2D eigenvalue weighted by Crippen LogP contribution is 2.17. The lowest BCUT2D eigenvalue weighted by Crippen LogP contribution is -2.11. The van der Waals surface area contributed by atoms with Crippen molar-refractivity contribution in [2.24, 2.45) is 0 Å². The number of carbonyl (C=O) groups excluding carboxylic acids is 1. The zero-order valence-electron chi connectivity index (χ0n) is 11.0. The number of Topliss-reactive ketones (excluding diaryl/α,β-unsaturated/α-hetero) is 1. The number of aryl methyl sites for hydroxylation is 2. The van der Waals surface area contributed by atoms with Crippen molar-refractivity contribution in [3.63, 3.8) is 0 Å². The zero-order chi connectivity index (χ0) is 13.8. The Hall–Kier alpha value is -1.26. The molecule has 0 aliphatic heterocycles. The van der Waals surface area contributed by atoms with Crippen molar-refractivity contribution in [1.29, 1.82) is 0 Å². The van der Waals surface area contributed by atoms with Crippen LogP contribution in [0.15, 0.2) is 36.4 Å². The molecule has 0 N–H and O–H groups in total. The van der Waals surface area contributed by atoms with Crippen LogP contribution in [-0.4, -0.2) is 15.7 Å². The Morgan fingerprint density at radius 3 is 2.53 bits per heavy atom. The molecule has 0 saturated heterocycles. The summed E-state index contributed by atoms with van der Waals surface area (Å²) < 4.78 is 12.1. The van der Waals surface area contributed by atoms with Crippen molar-refractivity contribution >= 4 is 27.9 Å². The molecule has 2 rings (SSSR count). The van der Waals surface area contributed by atoms with Crippen molar-refractivity contribution in [2.75, 3.05) is 5.75 Å². The number of hydrogen-bond donors (Lipinski definition) is 0. The topological polar surface area (TPSA) is 34.1 Å². The van der Waals surface area contributed by atoms with E-state index in [0.29, 0.717) is 10.6 Å². The van der Waals surface area contributed by atoms with Gasteiger partial charge in [0, 0.05) is 21.4 Å². The molecular formula is C15H16O2S2. The first-order valence-corrected chi connectivity index (χ1v) is 8.36. The summed E-state index contributed by atoms with van der Waals surface area (Å²) in [6.07, 6.45) is 0. The summed E-state index contributed by atoms with van der Waals surface area (Å²) in [4.78, 5) is 13.8. The average molecular weight is 292 g/mol. The summed E-state index contributed by atoms with van der Waals surface area (Å²) in [5, 5.41) is 0. The Labute approximate surface area is 119 Å². The van der Waals surface area contributed by atoms with Crippen LogP contribution < -0.4 is 0 Å². The summed E-state index contributed by atoms with van der Waals surface area (Å²) in [5.74, 6) is 0.530. The molecule has 1 aromatic carbocycles. The Morgan fingerprint density at radius 2 is 1.89 bits per heavy atom. The molecule has 0 aliphatic carbocycles. The van der Waals surface area contributed by atoms with Crippen LogP contribution >= 0.6 is 11.3 Å². The third-order valence-electron chi connectivity index (χ3n) is 2.89. The van der Waals surface area contributed by atoms with Gasteiger partial charge >= 0.3 is 0 Å². The number of benzene rings is 1. The summed E-state index contributed by atoms with van der Waals surface area (Å²) in [6, 6.07) is 11.6. The Kier molecular flexibility index (Phi) is 4.66. The van der Waals surface area contributed by atoms with Crippen molar-refractivity contribution in [2.45, 2.75) is 19.6 Å². The zero-order valence-corrected chi connectivity index (χ0v) is 12.6. The van der Waals surface area contributed by atoms with Crippen LogP contribution in [0.4, 0.5) is 0 Å². The molecule has 2 nitrogen and oxygen atoms in total. The first-order chi connectivity index (χ1) is 9.06. The fourth-order valence-electron chi connectivity index (χ4n) is 1.80. The van der Waals surface area contributed by atoms with Crippen LogP contribution in [0.3, 0.4) is 0 Å². The molecule has 0 fully saturated rings. The van der Waals surface area contributed by atoms with Gasteiger partial charge in [-0.3, -0.25) is 9.00 Å². The predicted molar refractivity (Wildman–Crippen MR) is 81.3 cm³/mol. The molecule has 4 heteroatoms. The van der Waals surface area contributed by atoms with Gasteiger partial charge in [0.05, 0.1) is 10.6 Å². The third kappa shape index (κ3) is 3.85. The molecule has 100 valence electrons. The molecular weight excluding hydrogens is 276 g/mol. The van der Waals surface area contributed by atoms with Crippen LogP contribution in [0.2, 0.25) is 0 Å². The van der Waals surface area contributed by atoms with Crippen molar-refractivity contribution in [1.82, 2.24) is 0 Å². The monoisotopic (exact) mass is 292 g/mol. The first kappa shape index (κ1) is 14.2. The predicted octanol–water partition coefficient (Wildman–Crippen LogP) is 3.50. The number of carbonyl (C=O) groups is 1. The summed E-state index contributed by atoms with van der Waals surface area (Å²) >= 11 is 1.46. The van der Waals surface area contributed by atoms with E-state index in [1.54, 1.807) is 0 Å². The van der Waals surface area contributed by atoms with E-state index in [0.717, 1.165) is 16.0 Å². The molecule has 19 heavy (non-hydrogen) atoms. The minimum Gasteiger partial charge on any atom is -0.292 e. The number of thiophene rings is 1. The SMILES string of the molecule is Cc1ccc(C(=O)CS(=O)Cc2ccccc2C)s1. The van der Waals surface area contributed by atoms with Crippen LogP contribution in [-0.2, 0) is 16.6 Å². The summed E-state index contributed by atoms with van der Waals surface area (Å²) in [7, 11) is -1.15. The van der Waals surface area contributed by atoms with E-state index in [-0.39, 0.29) is 11.5 Å². The lowest BCUT2D eigenvalue weighted by molar-refractivity contribution is 0.102. The second kappa shape index (κ2) is 6.26. The van der Waals surface area contributed by atoms with Gasteiger partial charge in [-0.15, -0.1) is 11.3 Å². The Bertz CT molecular complexity index is 614. The molecule has 0 spiro atoms. The second-order valence-electron chi connectivity index (χ2n) is 4.49. The molecule has 0 bridgehead atoms. The Balaban J connectivity index is 1.99. The lowest BCUT2D eigenvalue weighted by Gasteiger charge is -2.04. The second-order valence-corrected chi connectivity index (χ2v) is 7.23. The minimum absolute atomic E-state index is 0.0231. The smallest absolute Gasteiger partial charge is 0.185 e. The largest absolute Gasteiger partial charge is 0.292 e. The van der Waals surface area contributed by atoms with Crippen LogP contribution in [0, 0.1) is 13.8 Å². The number of hydrogen-bond acceptors (Lipinski definition) is 3. The van der Waals surface area contributed by atoms with Gasteiger partial charge in [0.1, 0.15) is 0 Å². The van der Waals surface area contributed by atoms with E-state index in [2.05, 4.69) is 0 Å². The van der Waals surface area contributed by atoms with Gasteiger partial charge in [-0.05, 0) is 37.1 Å². The van der Waals surface area contributed by atoms with Gasteiger partial charge in [-0.25, -0.2) is 0 Å². The highest BCUT2D eigenvalue weighted by Gasteiger charge is 2.13. The van der Waals surface area contributed by atoms with Crippen LogP contribution in [0.25, 0.3) is 0 Å². The third-order valence-corrected chi connectivity index (χ3v) is 5.14. The first-order valence-electron chi connectivity index (χ1n) is 6.05. The fourth-order valence-corrected chi connectivity index (χ4v) is 3.92. The van der Waals surface area contributed by atoms with Gasteiger partial charge in [-0.2, -0.15) is 0 Å². The van der Waals surface area contributed by atoms with Gasteiger partial charge in [-0.1, -0.05) is 24.3 Å². The summed E-state index contributed by atoms with van der Waals surface area (Å²) in [5.41, 5.74) is 2.17. The number of rotatable bonds is 5. The highest BCUT2D eigenvalue weighted by molar-refractivity contribution is 7.85. The molecule has 0 radical (unpaired) electrons. The van der Waals surface area contributed by atoms with Crippen molar-refractivity contribution < 1.29 is 9.00 Å². The minimum atomic E-state index is -1.15. The molecule has 2 aromatic rings. The van der Waals surface area contributed by atoms with Gasteiger partial charge in [0.25, 0.3) is 0 Å². The quantitative estimate of drug-likeness (QED) is 0.790. The van der Waals surface area contributed by atoms with E-state index >= 15 is 0 Å². The standard InChI is InChI=1S/C15H16O2S2/c1-11-5-3-4-6-13(11)9-19(17)10-14(16)15-8-7-12(2)18-15/h3-8H,9-10H2,1-2H3. The Morgan fingerprint density at radius 1 is 1.16 bits per heavy atom. The van der Waals surface area contributed by atoms with Gasteiger partial charge in [0.2, 0.25) is 0 Å². The van der Waals surface area contributed by atoms with E-state index in [9.17, 15) is 9.00 Å². The van der Waals surface area contributed by atoms with E-state index in [4.69, 9.17) is 0 Å². The van der Waals surface area contributed by atoms with Crippen molar-refractivity contribution in [3.8, 4) is 0 Å². The van der Waals surface area contributed by atoms with E-state index in [1.165, 1.54) is 11.3 Å². The molecule has 1 unspecified atom stereocenters. The van der Waals surface area contributed by atoms with Crippen molar-refractivity contribution in [3.05, 3.63) is 57.3 Å². The molecule has 0 amide bonds. The maximum Gasteiger partial charge on any atom is 0.185 e. The van der Waals surface area contributed by atoms with E-state index in [1.807, 2.05) is 50.2 Å². The maximum atomic E-state index is 12.1.